The van der Waals surface area contributed by atoms with Gasteiger partial charge in [-0.05, 0) is 61.8 Å². The zero-order chi connectivity index (χ0) is 21.9. The maximum atomic E-state index is 13.4. The van der Waals surface area contributed by atoms with Crippen molar-refractivity contribution < 1.29 is 13.2 Å². The third kappa shape index (κ3) is 3.32. The maximum Gasteiger partial charge on any atom is 0.332 e. The van der Waals surface area contributed by atoms with Crippen LogP contribution in [0, 0.1) is 11.8 Å². The van der Waals surface area contributed by atoms with Crippen LogP contribution in [0.15, 0.2) is 38.8 Å². The van der Waals surface area contributed by atoms with Crippen LogP contribution in [0.5, 0.6) is 5.75 Å². The number of nitrogens with zero attached hydrogens (tertiary/aromatic N) is 4. The lowest BCUT2D eigenvalue weighted by atomic mass is 10.3. The molecule has 0 saturated heterocycles. The summed E-state index contributed by atoms with van der Waals surface area (Å²) in [5.41, 5.74) is 4.71. The van der Waals surface area contributed by atoms with Crippen LogP contribution in [0.25, 0.3) is 11.2 Å². The van der Waals surface area contributed by atoms with E-state index in [1.807, 2.05) is 0 Å². The second-order valence-corrected chi connectivity index (χ2v) is 10.1. The van der Waals surface area contributed by atoms with E-state index < -0.39 is 21.3 Å². The molecule has 31 heavy (non-hydrogen) atoms. The van der Waals surface area contributed by atoms with Gasteiger partial charge in [0.2, 0.25) is 5.95 Å². The Bertz CT molecular complexity index is 1390. The van der Waals surface area contributed by atoms with Gasteiger partial charge in [-0.15, -0.1) is 0 Å². The lowest BCUT2D eigenvalue weighted by molar-refractivity contribution is 0.414. The zero-order valence-electron chi connectivity index (χ0n) is 17.0. The van der Waals surface area contributed by atoms with E-state index in [0.29, 0.717) is 18.2 Å². The van der Waals surface area contributed by atoms with Crippen LogP contribution in [0.3, 0.4) is 0 Å². The molecule has 2 aromatic heterocycles. The van der Waals surface area contributed by atoms with Gasteiger partial charge < -0.3 is 10.5 Å². The summed E-state index contributed by atoms with van der Waals surface area (Å²) < 4.78 is 35.3. The summed E-state index contributed by atoms with van der Waals surface area (Å²) in [4.78, 5) is 30.5. The van der Waals surface area contributed by atoms with Crippen molar-refractivity contribution in [2.45, 2.75) is 43.7 Å². The van der Waals surface area contributed by atoms with Crippen LogP contribution in [0.4, 0.5) is 5.95 Å². The molecule has 0 unspecified atom stereocenters. The molecule has 0 atom stereocenters. The number of nitrogens with two attached hydrogens (primary N) is 1. The summed E-state index contributed by atoms with van der Waals surface area (Å²) >= 11 is 0. The molecule has 0 aliphatic heterocycles. The predicted octanol–water partition coefficient (Wildman–Crippen LogP) is 1.01. The summed E-state index contributed by atoms with van der Waals surface area (Å²) in [5.74, 6) is 0.713. The first-order valence-corrected chi connectivity index (χ1v) is 11.7. The first kappa shape index (κ1) is 19.9. The first-order chi connectivity index (χ1) is 14.8. The third-order valence-corrected chi connectivity index (χ3v) is 7.60. The summed E-state index contributed by atoms with van der Waals surface area (Å²) in [6, 6.07) is 5.78. The molecule has 2 N–H and O–H groups in total. The summed E-state index contributed by atoms with van der Waals surface area (Å²) in [5, 5.41) is 0. The van der Waals surface area contributed by atoms with Crippen LogP contribution in [-0.4, -0.2) is 33.6 Å². The predicted molar refractivity (Wildman–Crippen MR) is 114 cm³/mol. The number of nitrogen functional groups attached to an aromatic ring is 1. The largest absolute Gasteiger partial charge is 0.497 e. The molecular weight excluding hydrogens is 422 g/mol. The van der Waals surface area contributed by atoms with Crippen LogP contribution in [0.2, 0.25) is 0 Å². The molecular formula is C20H23N5O5S. The first-order valence-electron chi connectivity index (χ1n) is 10.2. The van der Waals surface area contributed by atoms with Gasteiger partial charge in [0.1, 0.15) is 5.75 Å². The second kappa shape index (κ2) is 6.98. The minimum Gasteiger partial charge on any atom is -0.497 e. The van der Waals surface area contributed by atoms with Crippen molar-refractivity contribution in [3.8, 4) is 5.75 Å². The Morgan fingerprint density at radius 2 is 1.61 bits per heavy atom. The standard InChI is InChI=1S/C20H23N5O5S/c1-30-14-6-8-15(9-7-14)31(28,29)25-16-17(22-19(25)21)23(10-12-2-3-12)20(27)24(18(16)26)11-13-4-5-13/h6-9,12-13H,2-5,10-11H2,1H3,(H2,21,22). The lowest BCUT2D eigenvalue weighted by Crippen LogP contribution is -2.41. The highest BCUT2D eigenvalue weighted by Gasteiger charge is 2.32. The van der Waals surface area contributed by atoms with Crippen LogP contribution in [-0.2, 0) is 23.1 Å². The van der Waals surface area contributed by atoms with Gasteiger partial charge in [0.25, 0.3) is 15.6 Å². The van der Waals surface area contributed by atoms with E-state index in [1.54, 1.807) is 0 Å². The Morgan fingerprint density at radius 1 is 1.03 bits per heavy atom. The topological polar surface area (TPSA) is 131 Å². The van der Waals surface area contributed by atoms with E-state index in [0.717, 1.165) is 34.2 Å². The fourth-order valence-corrected chi connectivity index (χ4v) is 5.15. The number of benzene rings is 1. The second-order valence-electron chi connectivity index (χ2n) is 8.28. The molecule has 164 valence electrons. The summed E-state index contributed by atoms with van der Waals surface area (Å²) in [7, 11) is -2.75. The van der Waals surface area contributed by atoms with E-state index in [4.69, 9.17) is 10.5 Å². The van der Waals surface area contributed by atoms with Crippen molar-refractivity contribution in [2.75, 3.05) is 12.8 Å². The van der Waals surface area contributed by atoms with Crippen molar-refractivity contribution in [3.05, 3.63) is 45.1 Å². The molecule has 0 radical (unpaired) electrons. The number of hydrogen-bond acceptors (Lipinski definition) is 7. The molecule has 2 heterocycles. The molecule has 2 saturated carbocycles. The molecule has 2 fully saturated rings. The van der Waals surface area contributed by atoms with Crippen molar-refractivity contribution in [1.82, 2.24) is 18.1 Å². The minimum atomic E-state index is -4.23. The number of rotatable bonds is 7. The minimum absolute atomic E-state index is 0.0172. The van der Waals surface area contributed by atoms with Gasteiger partial charge in [0.05, 0.1) is 12.0 Å². The maximum absolute atomic E-state index is 13.4. The Hall–Kier alpha value is -3.08. The van der Waals surface area contributed by atoms with Gasteiger partial charge in [0.15, 0.2) is 11.2 Å². The van der Waals surface area contributed by atoms with Crippen LogP contribution in [0.1, 0.15) is 25.7 Å². The monoisotopic (exact) mass is 445 g/mol. The number of fused-ring (bicyclic) bond motifs is 1. The highest BCUT2D eigenvalue weighted by Crippen LogP contribution is 2.32. The van der Waals surface area contributed by atoms with Gasteiger partial charge in [-0.2, -0.15) is 8.96 Å². The van der Waals surface area contributed by atoms with Gasteiger partial charge in [-0.25, -0.2) is 13.2 Å². The van der Waals surface area contributed by atoms with E-state index >= 15 is 0 Å². The Morgan fingerprint density at radius 3 is 2.16 bits per heavy atom. The Balaban J connectivity index is 1.77. The Kier molecular flexibility index (Phi) is 4.47. The molecule has 11 heteroatoms. The smallest absolute Gasteiger partial charge is 0.332 e. The number of imidazole rings is 1. The third-order valence-electron chi connectivity index (χ3n) is 5.88. The molecule has 0 spiro atoms. The number of methoxy groups -OCH3 is 1. The molecule has 1 aromatic carbocycles. The van der Waals surface area contributed by atoms with E-state index in [1.165, 1.54) is 35.9 Å². The van der Waals surface area contributed by atoms with Crippen molar-refractivity contribution >= 4 is 27.1 Å². The molecule has 0 bridgehead atoms. The molecule has 3 aromatic rings. The van der Waals surface area contributed by atoms with Crippen LogP contribution >= 0.6 is 0 Å². The number of aromatic nitrogens is 4. The highest BCUT2D eigenvalue weighted by atomic mass is 32.2. The lowest BCUT2D eigenvalue weighted by Gasteiger charge is -2.12. The van der Waals surface area contributed by atoms with Crippen molar-refractivity contribution in [2.24, 2.45) is 11.8 Å². The average Bonchev–Trinajstić information content (AvgIpc) is 3.68. The van der Waals surface area contributed by atoms with Crippen molar-refractivity contribution in [3.63, 3.8) is 0 Å². The Labute approximate surface area is 177 Å². The fourth-order valence-electron chi connectivity index (χ4n) is 3.77. The van der Waals surface area contributed by atoms with E-state index in [9.17, 15) is 18.0 Å². The molecule has 10 nitrogen and oxygen atoms in total. The fraction of sp³-hybridized carbons (Fsp3) is 0.450. The molecule has 2 aliphatic rings. The van der Waals surface area contributed by atoms with Crippen LogP contribution < -0.4 is 21.7 Å². The van der Waals surface area contributed by atoms with Gasteiger partial charge in [-0.3, -0.25) is 13.9 Å². The quantitative estimate of drug-likeness (QED) is 0.574. The van der Waals surface area contributed by atoms with E-state index in [-0.39, 0.29) is 34.5 Å². The number of hydrogen-bond donors (Lipinski definition) is 1. The van der Waals surface area contributed by atoms with Crippen molar-refractivity contribution in [1.29, 1.82) is 0 Å². The van der Waals surface area contributed by atoms with E-state index in [2.05, 4.69) is 4.98 Å². The molecule has 2 aliphatic carbocycles. The van der Waals surface area contributed by atoms with Gasteiger partial charge in [0, 0.05) is 13.1 Å². The normalized spacial score (nSPS) is 16.7. The summed E-state index contributed by atoms with van der Waals surface area (Å²) in [6.07, 6.45) is 3.85. The van der Waals surface area contributed by atoms with Gasteiger partial charge in [-0.1, -0.05) is 0 Å². The number of ether oxygens (including phenoxy) is 1. The highest BCUT2D eigenvalue weighted by molar-refractivity contribution is 7.90. The zero-order valence-corrected chi connectivity index (χ0v) is 17.8. The number of anilines is 1. The SMILES string of the molecule is COc1ccc(S(=O)(=O)n2c(N)nc3c2c(=O)n(CC2CC2)c(=O)n3CC2CC2)cc1. The van der Waals surface area contributed by atoms with Gasteiger partial charge >= 0.3 is 5.69 Å². The summed E-state index contributed by atoms with van der Waals surface area (Å²) in [6.45, 7) is 0.658. The molecule has 5 rings (SSSR count). The average molecular weight is 446 g/mol. The molecule has 0 amide bonds.